The fraction of sp³-hybridized carbons (Fsp3) is 0.500. The van der Waals surface area contributed by atoms with Gasteiger partial charge < -0.3 is 4.90 Å². The lowest BCUT2D eigenvalue weighted by molar-refractivity contribution is 0.672. The van der Waals surface area contributed by atoms with Gasteiger partial charge in [-0.25, -0.2) is 4.98 Å². The Balaban J connectivity index is 2.17. The van der Waals surface area contributed by atoms with E-state index in [-0.39, 0.29) is 0 Å². The molecule has 3 nitrogen and oxygen atoms in total. The molecule has 1 aliphatic rings. The first-order valence-corrected chi connectivity index (χ1v) is 7.42. The van der Waals surface area contributed by atoms with E-state index in [2.05, 4.69) is 9.88 Å². The predicted octanol–water partition coefficient (Wildman–Crippen LogP) is 2.04. The first-order chi connectivity index (χ1) is 7.70. The molecule has 0 aliphatic carbocycles. The summed E-state index contributed by atoms with van der Waals surface area (Å²) < 4.78 is 11.2. The van der Waals surface area contributed by atoms with Gasteiger partial charge in [-0.2, -0.15) is 0 Å². The molecule has 0 aromatic carbocycles. The molecule has 1 fully saturated rings. The van der Waals surface area contributed by atoms with Crippen molar-refractivity contribution in [1.29, 1.82) is 0 Å². The summed E-state index contributed by atoms with van der Waals surface area (Å²) in [6, 6.07) is 3.69. The summed E-state index contributed by atoms with van der Waals surface area (Å²) in [6.45, 7) is 1.56. The van der Waals surface area contributed by atoms with Crippen molar-refractivity contribution in [3.8, 4) is 0 Å². The molecule has 1 aliphatic heterocycles. The van der Waals surface area contributed by atoms with Gasteiger partial charge in [-0.1, -0.05) is 11.6 Å². The van der Waals surface area contributed by atoms with Crippen molar-refractivity contribution in [3.63, 3.8) is 0 Å². The second kappa shape index (κ2) is 5.34. The summed E-state index contributed by atoms with van der Waals surface area (Å²) in [4.78, 5) is 6.52. The number of nitrogens with zero attached hydrogens (tertiary/aromatic N) is 2. The van der Waals surface area contributed by atoms with Crippen LogP contribution >= 0.6 is 23.2 Å². The van der Waals surface area contributed by atoms with Crippen LogP contribution in [0.1, 0.15) is 5.69 Å². The molecular weight excluding hydrogens is 267 g/mol. The summed E-state index contributed by atoms with van der Waals surface area (Å²) in [5.41, 5.74) is 0.701. The Morgan fingerprint density at radius 3 is 2.69 bits per heavy atom. The number of pyridine rings is 1. The highest BCUT2D eigenvalue weighted by atomic mass is 35.5. The van der Waals surface area contributed by atoms with Crippen molar-refractivity contribution in [2.75, 3.05) is 29.5 Å². The largest absolute Gasteiger partial charge is 0.355 e. The van der Waals surface area contributed by atoms with Gasteiger partial charge in [0.2, 0.25) is 0 Å². The van der Waals surface area contributed by atoms with Crippen molar-refractivity contribution in [2.24, 2.45) is 0 Å². The van der Waals surface area contributed by atoms with Crippen LogP contribution in [-0.2, 0) is 16.7 Å². The maximum Gasteiger partial charge on any atom is 0.129 e. The van der Waals surface area contributed by atoms with E-state index < -0.39 is 10.8 Å². The molecule has 0 amide bonds. The van der Waals surface area contributed by atoms with Gasteiger partial charge in [0, 0.05) is 35.4 Å². The normalized spacial score (nSPS) is 17.8. The van der Waals surface area contributed by atoms with Gasteiger partial charge in [0.25, 0.3) is 0 Å². The standard InChI is InChI=1S/C10H12Cl2N2OS/c11-7-9-8(12)1-2-10(13-9)14-3-5-16(15)6-4-14/h1-2H,3-7H2. The van der Waals surface area contributed by atoms with E-state index in [1.807, 2.05) is 12.1 Å². The van der Waals surface area contributed by atoms with Gasteiger partial charge in [0.15, 0.2) is 0 Å². The van der Waals surface area contributed by atoms with Crippen LogP contribution < -0.4 is 4.90 Å². The number of halogens is 2. The van der Waals surface area contributed by atoms with Crippen molar-refractivity contribution < 1.29 is 4.21 Å². The lowest BCUT2D eigenvalue weighted by atomic mass is 10.3. The zero-order valence-electron chi connectivity index (χ0n) is 8.66. The molecule has 0 unspecified atom stereocenters. The first-order valence-electron chi connectivity index (χ1n) is 5.02. The van der Waals surface area contributed by atoms with E-state index in [0.717, 1.165) is 18.9 Å². The Bertz CT molecular complexity index is 404. The Morgan fingerprint density at radius 1 is 1.38 bits per heavy atom. The van der Waals surface area contributed by atoms with Gasteiger partial charge in [-0.15, -0.1) is 11.6 Å². The minimum absolute atomic E-state index is 0.312. The van der Waals surface area contributed by atoms with Crippen LogP contribution in [0.4, 0.5) is 5.82 Å². The molecule has 6 heteroatoms. The molecule has 1 aromatic heterocycles. The molecule has 16 heavy (non-hydrogen) atoms. The maximum atomic E-state index is 11.2. The van der Waals surface area contributed by atoms with E-state index in [1.165, 1.54) is 0 Å². The van der Waals surface area contributed by atoms with Crippen LogP contribution in [0.15, 0.2) is 12.1 Å². The lowest BCUT2D eigenvalue weighted by Crippen LogP contribution is -2.38. The number of alkyl halides is 1. The minimum atomic E-state index is -0.668. The second-order valence-corrected chi connectivity index (χ2v) is 5.94. The third kappa shape index (κ3) is 2.67. The molecule has 1 saturated heterocycles. The fourth-order valence-corrected chi connectivity index (χ4v) is 3.11. The smallest absolute Gasteiger partial charge is 0.129 e. The highest BCUT2D eigenvalue weighted by molar-refractivity contribution is 7.85. The SMILES string of the molecule is O=S1CCN(c2ccc(Cl)c(CCl)n2)CC1. The molecule has 0 radical (unpaired) electrons. The van der Waals surface area contributed by atoms with Crippen molar-refractivity contribution in [1.82, 2.24) is 4.98 Å². The second-order valence-electron chi connectivity index (χ2n) is 3.57. The summed E-state index contributed by atoms with van der Waals surface area (Å²) in [5.74, 6) is 2.60. The van der Waals surface area contributed by atoms with E-state index in [9.17, 15) is 4.21 Å². The molecule has 88 valence electrons. The molecular formula is C10H12Cl2N2OS. The van der Waals surface area contributed by atoms with Gasteiger partial charge in [-0.05, 0) is 12.1 Å². The van der Waals surface area contributed by atoms with Crippen LogP contribution in [0.2, 0.25) is 5.02 Å². The Morgan fingerprint density at radius 2 is 2.06 bits per heavy atom. The van der Waals surface area contributed by atoms with E-state index in [4.69, 9.17) is 23.2 Å². The van der Waals surface area contributed by atoms with E-state index in [0.29, 0.717) is 28.1 Å². The minimum Gasteiger partial charge on any atom is -0.355 e. The molecule has 0 N–H and O–H groups in total. The topological polar surface area (TPSA) is 33.2 Å². The monoisotopic (exact) mass is 278 g/mol. The number of hydrogen-bond donors (Lipinski definition) is 0. The molecule has 0 saturated carbocycles. The van der Waals surface area contributed by atoms with Crippen LogP contribution in [0, 0.1) is 0 Å². The van der Waals surface area contributed by atoms with E-state index >= 15 is 0 Å². The third-order valence-electron chi connectivity index (χ3n) is 2.53. The zero-order valence-corrected chi connectivity index (χ0v) is 11.0. The van der Waals surface area contributed by atoms with Crippen molar-refractivity contribution in [3.05, 3.63) is 22.8 Å². The van der Waals surface area contributed by atoms with Gasteiger partial charge in [-0.3, -0.25) is 4.21 Å². The highest BCUT2D eigenvalue weighted by Gasteiger charge is 2.17. The van der Waals surface area contributed by atoms with Crippen LogP contribution in [-0.4, -0.2) is 33.8 Å². The number of rotatable bonds is 2. The van der Waals surface area contributed by atoms with Crippen molar-refractivity contribution >= 4 is 39.8 Å². The van der Waals surface area contributed by atoms with Crippen LogP contribution in [0.25, 0.3) is 0 Å². The van der Waals surface area contributed by atoms with Gasteiger partial charge >= 0.3 is 0 Å². The Kier molecular flexibility index (Phi) is 4.05. The molecule has 0 atom stereocenters. The third-order valence-corrected chi connectivity index (χ3v) is 4.41. The average Bonchev–Trinajstić information content (AvgIpc) is 2.31. The summed E-state index contributed by atoms with van der Waals surface area (Å²) in [7, 11) is -0.668. The van der Waals surface area contributed by atoms with Crippen LogP contribution in [0.3, 0.4) is 0 Å². The molecule has 0 spiro atoms. The zero-order chi connectivity index (χ0) is 11.5. The fourth-order valence-electron chi connectivity index (χ4n) is 1.61. The highest BCUT2D eigenvalue weighted by Crippen LogP contribution is 2.21. The molecule has 2 rings (SSSR count). The molecule has 0 bridgehead atoms. The predicted molar refractivity (Wildman–Crippen MR) is 68.9 cm³/mol. The molecule has 1 aromatic rings. The van der Waals surface area contributed by atoms with E-state index in [1.54, 1.807) is 0 Å². The quantitative estimate of drug-likeness (QED) is 0.777. The van der Waals surface area contributed by atoms with Gasteiger partial charge in [0.1, 0.15) is 5.82 Å². The average molecular weight is 279 g/mol. The van der Waals surface area contributed by atoms with Crippen molar-refractivity contribution in [2.45, 2.75) is 5.88 Å². The summed E-state index contributed by atoms with van der Waals surface area (Å²) in [6.07, 6.45) is 0. The maximum absolute atomic E-state index is 11.2. The number of anilines is 1. The number of aromatic nitrogens is 1. The summed E-state index contributed by atoms with van der Waals surface area (Å²) in [5, 5.41) is 0.597. The Labute approximate surface area is 107 Å². The number of hydrogen-bond acceptors (Lipinski definition) is 3. The first kappa shape index (κ1) is 12.1. The van der Waals surface area contributed by atoms with Crippen LogP contribution in [0.5, 0.6) is 0 Å². The van der Waals surface area contributed by atoms with Gasteiger partial charge in [0.05, 0.1) is 16.6 Å². The summed E-state index contributed by atoms with van der Waals surface area (Å²) >= 11 is 11.7. The molecule has 2 heterocycles. The lowest BCUT2D eigenvalue weighted by Gasteiger charge is -2.27. The Hall–Kier alpha value is -0.320.